The molecule has 0 radical (unpaired) electrons. The van der Waals surface area contributed by atoms with Gasteiger partial charge >= 0.3 is 5.97 Å². The number of carboxylic acids is 1. The highest BCUT2D eigenvalue weighted by molar-refractivity contribution is 7.91. The predicted molar refractivity (Wildman–Crippen MR) is 71.9 cm³/mol. The van der Waals surface area contributed by atoms with E-state index in [0.29, 0.717) is 13.0 Å². The molecule has 1 aromatic rings. The van der Waals surface area contributed by atoms with E-state index in [4.69, 9.17) is 5.11 Å². The third-order valence-electron chi connectivity index (χ3n) is 3.42. The number of rotatable bonds is 4. The molecule has 2 rings (SSSR count). The topological polar surface area (TPSA) is 83.5 Å². The molecule has 6 heteroatoms. The van der Waals surface area contributed by atoms with Crippen molar-refractivity contribution < 1.29 is 18.3 Å². The zero-order valence-corrected chi connectivity index (χ0v) is 11.5. The smallest absolute Gasteiger partial charge is 0.335 e. The van der Waals surface area contributed by atoms with Crippen LogP contribution in [0, 0.1) is 0 Å². The second-order valence-corrected chi connectivity index (χ2v) is 7.44. The number of hydrogen-bond acceptors (Lipinski definition) is 4. The van der Waals surface area contributed by atoms with E-state index in [0.717, 1.165) is 5.56 Å². The summed E-state index contributed by atoms with van der Waals surface area (Å²) in [5.74, 6) is -0.560. The third kappa shape index (κ3) is 3.54. The molecule has 0 aliphatic carbocycles. The maximum absolute atomic E-state index is 11.5. The van der Waals surface area contributed by atoms with Crippen molar-refractivity contribution in [3.8, 4) is 0 Å². The number of benzene rings is 1. The lowest BCUT2D eigenvalue weighted by molar-refractivity contribution is 0.0697. The number of aromatic carboxylic acids is 1. The molecule has 1 aromatic carbocycles. The fourth-order valence-electron chi connectivity index (χ4n) is 2.23. The zero-order valence-electron chi connectivity index (χ0n) is 10.7. The highest BCUT2D eigenvalue weighted by Crippen LogP contribution is 2.23. The standard InChI is InChI=1S/C13H17NO4S/c1-13(6-7-19(17,18)9-13)14-8-10-2-4-11(5-3-10)12(15)16/h2-5,14H,6-9H2,1H3,(H,15,16). The second kappa shape index (κ2) is 4.94. The molecule has 1 unspecified atom stereocenters. The Bertz CT molecular complexity index is 579. The largest absolute Gasteiger partial charge is 0.478 e. The second-order valence-electron chi connectivity index (χ2n) is 5.26. The summed E-state index contributed by atoms with van der Waals surface area (Å²) in [6.07, 6.45) is 0.614. The third-order valence-corrected chi connectivity index (χ3v) is 5.33. The Labute approximate surface area is 112 Å². The van der Waals surface area contributed by atoms with Crippen LogP contribution in [0.5, 0.6) is 0 Å². The van der Waals surface area contributed by atoms with E-state index >= 15 is 0 Å². The van der Waals surface area contributed by atoms with Crippen LogP contribution in [0.25, 0.3) is 0 Å². The van der Waals surface area contributed by atoms with E-state index in [9.17, 15) is 13.2 Å². The van der Waals surface area contributed by atoms with Gasteiger partial charge in [-0.05, 0) is 31.0 Å². The number of sulfone groups is 1. The average Bonchev–Trinajstić information content (AvgIpc) is 2.62. The Morgan fingerprint density at radius 3 is 2.47 bits per heavy atom. The van der Waals surface area contributed by atoms with Crippen LogP contribution in [-0.2, 0) is 16.4 Å². The maximum Gasteiger partial charge on any atom is 0.335 e. The Morgan fingerprint density at radius 2 is 2.00 bits per heavy atom. The SMILES string of the molecule is CC1(NCc2ccc(C(=O)O)cc2)CCS(=O)(=O)C1. The molecule has 1 saturated heterocycles. The van der Waals surface area contributed by atoms with Gasteiger partial charge in [-0.2, -0.15) is 0 Å². The highest BCUT2D eigenvalue weighted by atomic mass is 32.2. The van der Waals surface area contributed by atoms with E-state index in [1.54, 1.807) is 24.3 Å². The first-order valence-electron chi connectivity index (χ1n) is 6.07. The summed E-state index contributed by atoms with van der Waals surface area (Å²) in [6, 6.07) is 6.58. The maximum atomic E-state index is 11.5. The molecule has 19 heavy (non-hydrogen) atoms. The first-order valence-corrected chi connectivity index (χ1v) is 7.90. The molecule has 1 atom stereocenters. The minimum absolute atomic E-state index is 0.160. The summed E-state index contributed by atoms with van der Waals surface area (Å²) in [6.45, 7) is 2.44. The van der Waals surface area contributed by atoms with E-state index in [1.165, 1.54) is 0 Å². The fraction of sp³-hybridized carbons (Fsp3) is 0.462. The molecule has 1 aliphatic heterocycles. The number of hydrogen-bond donors (Lipinski definition) is 2. The molecular formula is C13H17NO4S. The van der Waals surface area contributed by atoms with Gasteiger partial charge in [0.25, 0.3) is 0 Å². The zero-order chi connectivity index (χ0) is 14.1. The summed E-state index contributed by atoms with van der Waals surface area (Å²) in [5, 5.41) is 12.0. The van der Waals surface area contributed by atoms with Crippen LogP contribution in [0.4, 0.5) is 0 Å². The molecule has 1 fully saturated rings. The Balaban J connectivity index is 1.97. The lowest BCUT2D eigenvalue weighted by atomic mass is 10.0. The van der Waals surface area contributed by atoms with Gasteiger partial charge in [0.05, 0.1) is 17.1 Å². The lowest BCUT2D eigenvalue weighted by Gasteiger charge is -2.24. The van der Waals surface area contributed by atoms with Crippen LogP contribution < -0.4 is 5.32 Å². The summed E-state index contributed by atoms with van der Waals surface area (Å²) < 4.78 is 22.9. The molecular weight excluding hydrogens is 266 g/mol. The molecule has 2 N–H and O–H groups in total. The predicted octanol–water partition coefficient (Wildman–Crippen LogP) is 1.05. The summed E-state index contributed by atoms with van der Waals surface area (Å²) in [4.78, 5) is 10.7. The molecule has 104 valence electrons. The van der Waals surface area contributed by atoms with E-state index in [-0.39, 0.29) is 22.6 Å². The van der Waals surface area contributed by atoms with Crippen LogP contribution >= 0.6 is 0 Å². The first kappa shape index (κ1) is 14.0. The molecule has 1 heterocycles. The normalized spacial score (nSPS) is 25.3. The molecule has 0 amide bonds. The lowest BCUT2D eigenvalue weighted by Crippen LogP contribution is -2.42. The monoisotopic (exact) mass is 283 g/mol. The molecule has 0 bridgehead atoms. The molecule has 1 aliphatic rings. The van der Waals surface area contributed by atoms with Crippen LogP contribution in [0.1, 0.15) is 29.3 Å². The van der Waals surface area contributed by atoms with Gasteiger partial charge < -0.3 is 10.4 Å². The van der Waals surface area contributed by atoms with Crippen molar-refractivity contribution in [3.05, 3.63) is 35.4 Å². The Morgan fingerprint density at radius 1 is 1.37 bits per heavy atom. The van der Waals surface area contributed by atoms with Crippen molar-refractivity contribution in [1.82, 2.24) is 5.32 Å². The quantitative estimate of drug-likeness (QED) is 0.863. The molecule has 0 spiro atoms. The average molecular weight is 283 g/mol. The number of carboxylic acid groups (broad SMARTS) is 1. The van der Waals surface area contributed by atoms with Crippen molar-refractivity contribution >= 4 is 15.8 Å². The van der Waals surface area contributed by atoms with E-state index in [1.807, 2.05) is 6.92 Å². The van der Waals surface area contributed by atoms with Crippen molar-refractivity contribution in [2.45, 2.75) is 25.4 Å². The van der Waals surface area contributed by atoms with Crippen LogP contribution in [0.15, 0.2) is 24.3 Å². The first-order chi connectivity index (χ1) is 8.80. The minimum atomic E-state index is -2.92. The van der Waals surface area contributed by atoms with Gasteiger partial charge in [-0.1, -0.05) is 12.1 Å². The van der Waals surface area contributed by atoms with Gasteiger partial charge in [0, 0.05) is 12.1 Å². The molecule has 5 nitrogen and oxygen atoms in total. The number of carbonyl (C=O) groups is 1. The van der Waals surface area contributed by atoms with Gasteiger partial charge in [0.2, 0.25) is 0 Å². The summed E-state index contributed by atoms with van der Waals surface area (Å²) >= 11 is 0. The van der Waals surface area contributed by atoms with E-state index in [2.05, 4.69) is 5.32 Å². The van der Waals surface area contributed by atoms with E-state index < -0.39 is 15.8 Å². The van der Waals surface area contributed by atoms with Crippen molar-refractivity contribution in [2.24, 2.45) is 0 Å². The number of nitrogens with one attached hydrogen (secondary N) is 1. The fourth-order valence-corrected chi connectivity index (χ4v) is 4.35. The van der Waals surface area contributed by atoms with Gasteiger partial charge in [0.1, 0.15) is 0 Å². The van der Waals surface area contributed by atoms with Gasteiger partial charge in [0.15, 0.2) is 9.84 Å². The summed E-state index contributed by atoms with van der Waals surface area (Å²) in [5.41, 5.74) is 0.804. The van der Waals surface area contributed by atoms with Crippen LogP contribution in [0.2, 0.25) is 0 Å². The van der Waals surface area contributed by atoms with Gasteiger partial charge in [-0.25, -0.2) is 13.2 Å². The van der Waals surface area contributed by atoms with Crippen LogP contribution in [0.3, 0.4) is 0 Å². The van der Waals surface area contributed by atoms with Gasteiger partial charge in [-0.15, -0.1) is 0 Å². The Hall–Kier alpha value is -1.40. The minimum Gasteiger partial charge on any atom is -0.478 e. The van der Waals surface area contributed by atoms with Crippen molar-refractivity contribution in [2.75, 3.05) is 11.5 Å². The van der Waals surface area contributed by atoms with Crippen molar-refractivity contribution in [1.29, 1.82) is 0 Å². The Kier molecular flexibility index (Phi) is 3.64. The highest BCUT2D eigenvalue weighted by Gasteiger charge is 2.37. The van der Waals surface area contributed by atoms with Crippen LogP contribution in [-0.4, -0.2) is 36.5 Å². The van der Waals surface area contributed by atoms with Crippen molar-refractivity contribution in [3.63, 3.8) is 0 Å². The molecule has 0 aromatic heterocycles. The summed E-state index contributed by atoms with van der Waals surface area (Å²) in [7, 11) is -2.92. The van der Waals surface area contributed by atoms with Gasteiger partial charge in [-0.3, -0.25) is 0 Å². The molecule has 0 saturated carbocycles.